The van der Waals surface area contributed by atoms with E-state index in [4.69, 9.17) is 10.5 Å². The lowest BCUT2D eigenvalue weighted by atomic mass is 9.84. The summed E-state index contributed by atoms with van der Waals surface area (Å²) in [7, 11) is 3.93. The highest BCUT2D eigenvalue weighted by atomic mass is 16.5. The number of benzene rings is 1. The van der Waals surface area contributed by atoms with Crippen LogP contribution in [0.1, 0.15) is 39.2 Å². The van der Waals surface area contributed by atoms with Gasteiger partial charge in [-0.1, -0.05) is 38.5 Å². The standard InChI is InChI=1S/C18H32N2O/c1-6-11-18(3,13-19)14-20(4)15(2)12-16-9-7-8-10-17(16)21-5/h7-10,15H,6,11-14,19H2,1-5H3. The molecule has 0 saturated carbocycles. The second kappa shape index (κ2) is 8.40. The van der Waals surface area contributed by atoms with Gasteiger partial charge in [0, 0.05) is 12.6 Å². The van der Waals surface area contributed by atoms with Gasteiger partial charge in [0.15, 0.2) is 0 Å². The first kappa shape index (κ1) is 18.0. The first-order valence-corrected chi connectivity index (χ1v) is 7.98. The van der Waals surface area contributed by atoms with Gasteiger partial charge >= 0.3 is 0 Å². The summed E-state index contributed by atoms with van der Waals surface area (Å²) in [6.07, 6.45) is 3.35. The van der Waals surface area contributed by atoms with Gasteiger partial charge in [-0.15, -0.1) is 0 Å². The molecule has 0 aromatic heterocycles. The summed E-state index contributed by atoms with van der Waals surface area (Å²) < 4.78 is 5.45. The number of para-hydroxylation sites is 1. The van der Waals surface area contributed by atoms with Crippen molar-refractivity contribution < 1.29 is 4.74 Å². The average Bonchev–Trinajstić information content (AvgIpc) is 2.47. The van der Waals surface area contributed by atoms with Gasteiger partial charge in [0.1, 0.15) is 5.75 Å². The van der Waals surface area contributed by atoms with Gasteiger partial charge in [-0.25, -0.2) is 0 Å². The van der Waals surface area contributed by atoms with E-state index in [1.165, 1.54) is 18.4 Å². The number of nitrogens with zero attached hydrogens (tertiary/aromatic N) is 1. The van der Waals surface area contributed by atoms with E-state index < -0.39 is 0 Å². The van der Waals surface area contributed by atoms with Gasteiger partial charge < -0.3 is 15.4 Å². The van der Waals surface area contributed by atoms with Crippen LogP contribution < -0.4 is 10.5 Å². The van der Waals surface area contributed by atoms with Crippen molar-refractivity contribution in [3.05, 3.63) is 29.8 Å². The highest BCUT2D eigenvalue weighted by molar-refractivity contribution is 5.33. The van der Waals surface area contributed by atoms with E-state index in [1.807, 2.05) is 12.1 Å². The van der Waals surface area contributed by atoms with E-state index in [9.17, 15) is 0 Å². The van der Waals surface area contributed by atoms with Crippen LogP contribution >= 0.6 is 0 Å². The molecule has 120 valence electrons. The lowest BCUT2D eigenvalue weighted by Crippen LogP contribution is -2.43. The van der Waals surface area contributed by atoms with E-state index in [0.717, 1.165) is 25.3 Å². The summed E-state index contributed by atoms with van der Waals surface area (Å²) in [5, 5.41) is 0. The number of hydrogen-bond donors (Lipinski definition) is 1. The number of nitrogens with two attached hydrogens (primary N) is 1. The second-order valence-electron chi connectivity index (χ2n) is 6.54. The SMILES string of the molecule is CCCC(C)(CN)CN(C)C(C)Cc1ccccc1OC. The molecular weight excluding hydrogens is 260 g/mol. The second-order valence-corrected chi connectivity index (χ2v) is 6.54. The normalized spacial score (nSPS) is 15.8. The molecule has 0 saturated heterocycles. The molecule has 0 aliphatic rings. The number of likely N-dealkylation sites (N-methyl/N-ethyl adjacent to an activating group) is 1. The molecule has 1 rings (SSSR count). The van der Waals surface area contributed by atoms with Crippen molar-refractivity contribution in [2.75, 3.05) is 27.2 Å². The van der Waals surface area contributed by atoms with Crippen molar-refractivity contribution in [1.82, 2.24) is 4.90 Å². The average molecular weight is 292 g/mol. The highest BCUT2D eigenvalue weighted by Gasteiger charge is 2.25. The third-order valence-electron chi connectivity index (χ3n) is 4.44. The summed E-state index contributed by atoms with van der Waals surface area (Å²) >= 11 is 0. The van der Waals surface area contributed by atoms with Crippen molar-refractivity contribution in [2.45, 2.75) is 46.1 Å². The summed E-state index contributed by atoms with van der Waals surface area (Å²) in [5.74, 6) is 0.980. The van der Waals surface area contributed by atoms with Crippen LogP contribution in [0.3, 0.4) is 0 Å². The van der Waals surface area contributed by atoms with Gasteiger partial charge in [-0.3, -0.25) is 0 Å². The van der Waals surface area contributed by atoms with Crippen molar-refractivity contribution in [1.29, 1.82) is 0 Å². The van der Waals surface area contributed by atoms with Gasteiger partial charge in [-0.2, -0.15) is 0 Å². The topological polar surface area (TPSA) is 38.5 Å². The molecule has 2 atom stereocenters. The summed E-state index contributed by atoms with van der Waals surface area (Å²) in [5.41, 5.74) is 7.47. The third-order valence-corrected chi connectivity index (χ3v) is 4.44. The van der Waals surface area contributed by atoms with E-state index in [1.54, 1.807) is 7.11 Å². The van der Waals surface area contributed by atoms with Crippen molar-refractivity contribution in [3.8, 4) is 5.75 Å². The Morgan fingerprint density at radius 1 is 1.33 bits per heavy atom. The maximum atomic E-state index is 5.99. The molecule has 0 aliphatic carbocycles. The van der Waals surface area contributed by atoms with Crippen LogP contribution in [0.25, 0.3) is 0 Å². The zero-order chi connectivity index (χ0) is 15.9. The Hall–Kier alpha value is -1.06. The summed E-state index contributed by atoms with van der Waals surface area (Å²) in [4.78, 5) is 2.43. The molecule has 1 aromatic rings. The first-order chi connectivity index (χ1) is 9.95. The molecule has 21 heavy (non-hydrogen) atoms. The maximum Gasteiger partial charge on any atom is 0.122 e. The molecule has 0 amide bonds. The fourth-order valence-corrected chi connectivity index (χ4v) is 2.95. The monoisotopic (exact) mass is 292 g/mol. The minimum absolute atomic E-state index is 0.207. The number of ether oxygens (including phenoxy) is 1. The molecule has 0 bridgehead atoms. The molecule has 0 fully saturated rings. The predicted octanol–water partition coefficient (Wildman–Crippen LogP) is 3.32. The van der Waals surface area contributed by atoms with E-state index in [2.05, 4.69) is 44.9 Å². The van der Waals surface area contributed by atoms with Crippen LogP contribution in [-0.4, -0.2) is 38.2 Å². The van der Waals surface area contributed by atoms with Gasteiger partial charge in [0.25, 0.3) is 0 Å². The maximum absolute atomic E-state index is 5.99. The first-order valence-electron chi connectivity index (χ1n) is 7.98. The Morgan fingerprint density at radius 2 is 2.00 bits per heavy atom. The molecule has 3 nitrogen and oxygen atoms in total. The Balaban J connectivity index is 2.68. The molecule has 1 aromatic carbocycles. The largest absolute Gasteiger partial charge is 0.496 e. The molecule has 2 unspecified atom stereocenters. The van der Waals surface area contributed by atoms with Crippen molar-refractivity contribution in [2.24, 2.45) is 11.1 Å². The molecule has 0 heterocycles. The Morgan fingerprint density at radius 3 is 2.57 bits per heavy atom. The van der Waals surface area contributed by atoms with E-state index in [0.29, 0.717) is 6.04 Å². The van der Waals surface area contributed by atoms with Crippen LogP contribution in [0.5, 0.6) is 5.75 Å². The van der Waals surface area contributed by atoms with Crippen LogP contribution in [0.4, 0.5) is 0 Å². The number of rotatable bonds is 9. The zero-order valence-corrected chi connectivity index (χ0v) is 14.4. The highest BCUT2D eigenvalue weighted by Crippen LogP contribution is 2.25. The fraction of sp³-hybridized carbons (Fsp3) is 0.667. The predicted molar refractivity (Wildman–Crippen MR) is 90.9 cm³/mol. The quantitative estimate of drug-likeness (QED) is 0.759. The minimum atomic E-state index is 0.207. The van der Waals surface area contributed by atoms with Crippen LogP contribution in [-0.2, 0) is 6.42 Å². The number of hydrogen-bond acceptors (Lipinski definition) is 3. The van der Waals surface area contributed by atoms with Crippen molar-refractivity contribution >= 4 is 0 Å². The van der Waals surface area contributed by atoms with Crippen LogP contribution in [0, 0.1) is 5.41 Å². The molecule has 0 aliphatic heterocycles. The number of methoxy groups -OCH3 is 1. The Labute approximate surface area is 130 Å². The molecule has 0 spiro atoms. The summed E-state index contributed by atoms with van der Waals surface area (Å²) in [6.45, 7) is 8.57. The lowest BCUT2D eigenvalue weighted by Gasteiger charge is -2.36. The molecule has 3 heteroatoms. The van der Waals surface area contributed by atoms with E-state index >= 15 is 0 Å². The van der Waals surface area contributed by atoms with Gasteiger partial charge in [0.2, 0.25) is 0 Å². The Kier molecular flexibility index (Phi) is 7.20. The lowest BCUT2D eigenvalue weighted by molar-refractivity contribution is 0.149. The van der Waals surface area contributed by atoms with Crippen molar-refractivity contribution in [3.63, 3.8) is 0 Å². The van der Waals surface area contributed by atoms with Crippen LogP contribution in [0.2, 0.25) is 0 Å². The van der Waals surface area contributed by atoms with Gasteiger partial charge in [-0.05, 0) is 50.4 Å². The fourth-order valence-electron chi connectivity index (χ4n) is 2.95. The summed E-state index contributed by atoms with van der Waals surface area (Å²) in [6, 6.07) is 8.74. The minimum Gasteiger partial charge on any atom is -0.496 e. The molecular formula is C18H32N2O. The molecule has 2 N–H and O–H groups in total. The van der Waals surface area contributed by atoms with Crippen LogP contribution in [0.15, 0.2) is 24.3 Å². The third kappa shape index (κ3) is 5.33. The Bertz CT molecular complexity index is 421. The zero-order valence-electron chi connectivity index (χ0n) is 14.4. The van der Waals surface area contributed by atoms with E-state index in [-0.39, 0.29) is 5.41 Å². The smallest absolute Gasteiger partial charge is 0.122 e. The van der Waals surface area contributed by atoms with Gasteiger partial charge in [0.05, 0.1) is 7.11 Å². The molecule has 0 radical (unpaired) electrons.